The van der Waals surface area contributed by atoms with Crippen molar-refractivity contribution < 1.29 is 4.74 Å². The first-order chi connectivity index (χ1) is 6.57. The molecule has 1 saturated carbocycles. The molecule has 0 amide bonds. The molecular formula is C11H16N2O. The van der Waals surface area contributed by atoms with Gasteiger partial charge in [0, 0.05) is 29.9 Å². The van der Waals surface area contributed by atoms with E-state index in [1.807, 2.05) is 12.1 Å². The number of methoxy groups -OCH3 is 1. The van der Waals surface area contributed by atoms with Crippen LogP contribution in [0.15, 0.2) is 18.3 Å². The molecule has 1 aliphatic carbocycles. The van der Waals surface area contributed by atoms with Gasteiger partial charge in [-0.15, -0.1) is 0 Å². The van der Waals surface area contributed by atoms with E-state index in [4.69, 9.17) is 10.5 Å². The van der Waals surface area contributed by atoms with Gasteiger partial charge in [0.2, 0.25) is 0 Å². The van der Waals surface area contributed by atoms with Gasteiger partial charge in [-0.3, -0.25) is 4.98 Å². The summed E-state index contributed by atoms with van der Waals surface area (Å²) < 4.78 is 5.16. The van der Waals surface area contributed by atoms with Crippen LogP contribution in [-0.4, -0.2) is 18.1 Å². The van der Waals surface area contributed by atoms with Crippen molar-refractivity contribution in [3.63, 3.8) is 0 Å². The number of hydrogen-bond acceptors (Lipinski definition) is 3. The topological polar surface area (TPSA) is 48.1 Å². The van der Waals surface area contributed by atoms with Crippen molar-refractivity contribution in [3.8, 4) is 5.75 Å². The van der Waals surface area contributed by atoms with E-state index in [9.17, 15) is 0 Å². The second-order valence-corrected chi connectivity index (χ2v) is 4.45. The van der Waals surface area contributed by atoms with E-state index in [1.54, 1.807) is 13.3 Å². The van der Waals surface area contributed by atoms with Gasteiger partial charge in [-0.25, -0.2) is 0 Å². The van der Waals surface area contributed by atoms with E-state index in [1.165, 1.54) is 0 Å². The van der Waals surface area contributed by atoms with Gasteiger partial charge in [-0.1, -0.05) is 13.8 Å². The zero-order chi connectivity index (χ0) is 10.3. The maximum Gasteiger partial charge on any atom is 0.122 e. The highest BCUT2D eigenvalue weighted by Gasteiger charge is 2.57. The maximum atomic E-state index is 5.99. The first-order valence-corrected chi connectivity index (χ1v) is 4.83. The van der Waals surface area contributed by atoms with Crippen molar-refractivity contribution in [1.82, 2.24) is 4.98 Å². The van der Waals surface area contributed by atoms with Crippen molar-refractivity contribution in [2.45, 2.75) is 25.8 Å². The van der Waals surface area contributed by atoms with Crippen LogP contribution < -0.4 is 10.5 Å². The Morgan fingerprint density at radius 1 is 1.50 bits per heavy atom. The predicted octanol–water partition coefficient (Wildman–Crippen LogP) is 1.54. The number of pyridine rings is 1. The molecule has 0 spiro atoms. The molecule has 0 unspecified atom stereocenters. The SMILES string of the molecule is COc1ccnc([C@H]2[C@H](N)C2(C)C)c1. The molecule has 0 aliphatic heterocycles. The smallest absolute Gasteiger partial charge is 0.122 e. The molecule has 0 bridgehead atoms. The molecule has 1 fully saturated rings. The maximum absolute atomic E-state index is 5.99. The van der Waals surface area contributed by atoms with Gasteiger partial charge in [0.05, 0.1) is 7.11 Å². The summed E-state index contributed by atoms with van der Waals surface area (Å²) in [6.45, 7) is 4.34. The number of hydrogen-bond donors (Lipinski definition) is 1. The Hall–Kier alpha value is -1.09. The van der Waals surface area contributed by atoms with Crippen LogP contribution in [0.2, 0.25) is 0 Å². The summed E-state index contributed by atoms with van der Waals surface area (Å²) in [4.78, 5) is 4.34. The average molecular weight is 192 g/mol. The largest absolute Gasteiger partial charge is 0.497 e. The Balaban J connectivity index is 2.26. The molecule has 14 heavy (non-hydrogen) atoms. The molecule has 2 atom stereocenters. The Bertz CT molecular complexity index is 349. The lowest BCUT2D eigenvalue weighted by atomic mass is 10.1. The number of nitrogens with zero attached hydrogens (tertiary/aromatic N) is 1. The van der Waals surface area contributed by atoms with Gasteiger partial charge in [-0.05, 0) is 11.5 Å². The van der Waals surface area contributed by atoms with Gasteiger partial charge >= 0.3 is 0 Å². The van der Waals surface area contributed by atoms with Crippen molar-refractivity contribution in [2.75, 3.05) is 7.11 Å². The first-order valence-electron chi connectivity index (χ1n) is 4.83. The molecule has 2 N–H and O–H groups in total. The van der Waals surface area contributed by atoms with Crippen molar-refractivity contribution in [2.24, 2.45) is 11.1 Å². The second kappa shape index (κ2) is 2.95. The fourth-order valence-corrected chi connectivity index (χ4v) is 1.97. The molecule has 0 saturated heterocycles. The molecule has 0 radical (unpaired) electrons. The molecule has 1 aliphatic rings. The van der Waals surface area contributed by atoms with Crippen molar-refractivity contribution >= 4 is 0 Å². The normalized spacial score (nSPS) is 28.6. The third-order valence-corrected chi connectivity index (χ3v) is 3.22. The lowest BCUT2D eigenvalue weighted by Gasteiger charge is -2.04. The van der Waals surface area contributed by atoms with Crippen LogP contribution in [0.1, 0.15) is 25.5 Å². The van der Waals surface area contributed by atoms with E-state index >= 15 is 0 Å². The summed E-state index contributed by atoms with van der Waals surface area (Å²) in [6.07, 6.45) is 1.77. The van der Waals surface area contributed by atoms with Crippen LogP contribution in [0.4, 0.5) is 0 Å². The van der Waals surface area contributed by atoms with Gasteiger partial charge in [0.15, 0.2) is 0 Å². The van der Waals surface area contributed by atoms with Gasteiger partial charge < -0.3 is 10.5 Å². The third-order valence-electron chi connectivity index (χ3n) is 3.22. The molecule has 76 valence electrons. The van der Waals surface area contributed by atoms with Crippen molar-refractivity contribution in [3.05, 3.63) is 24.0 Å². The summed E-state index contributed by atoms with van der Waals surface area (Å²) >= 11 is 0. The minimum absolute atomic E-state index is 0.180. The molecule has 1 aromatic heterocycles. The average Bonchev–Trinajstić information content (AvgIpc) is 2.66. The Morgan fingerprint density at radius 3 is 2.64 bits per heavy atom. The lowest BCUT2D eigenvalue weighted by molar-refractivity contribution is 0.413. The Morgan fingerprint density at radius 2 is 2.14 bits per heavy atom. The third kappa shape index (κ3) is 1.28. The summed E-state index contributed by atoms with van der Waals surface area (Å²) in [5.41, 5.74) is 7.21. The van der Waals surface area contributed by atoms with Crippen LogP contribution in [-0.2, 0) is 0 Å². The highest BCUT2D eigenvalue weighted by atomic mass is 16.5. The van der Waals surface area contributed by atoms with E-state index in [-0.39, 0.29) is 11.5 Å². The standard InChI is InChI=1S/C11H16N2O/c1-11(2)9(10(11)12)8-6-7(14-3)4-5-13-8/h4-6,9-10H,12H2,1-3H3/t9-,10-/m0/s1. The van der Waals surface area contributed by atoms with Gasteiger partial charge in [0.1, 0.15) is 5.75 Å². The predicted molar refractivity (Wildman–Crippen MR) is 55.3 cm³/mol. The van der Waals surface area contributed by atoms with E-state index in [0.29, 0.717) is 5.92 Å². The second-order valence-electron chi connectivity index (χ2n) is 4.45. The number of aromatic nitrogens is 1. The molecule has 1 heterocycles. The first kappa shape index (κ1) is 9.46. The fraction of sp³-hybridized carbons (Fsp3) is 0.545. The monoisotopic (exact) mass is 192 g/mol. The van der Waals surface area contributed by atoms with Gasteiger partial charge in [-0.2, -0.15) is 0 Å². The summed E-state index contributed by atoms with van der Waals surface area (Å²) in [5.74, 6) is 1.22. The molecule has 2 rings (SSSR count). The summed E-state index contributed by atoms with van der Waals surface area (Å²) in [7, 11) is 1.66. The molecule has 0 aromatic carbocycles. The van der Waals surface area contributed by atoms with E-state index in [2.05, 4.69) is 18.8 Å². The quantitative estimate of drug-likeness (QED) is 0.773. The zero-order valence-electron chi connectivity index (χ0n) is 8.82. The molecule has 3 heteroatoms. The van der Waals surface area contributed by atoms with Crippen LogP contribution in [0.3, 0.4) is 0 Å². The number of nitrogens with two attached hydrogens (primary N) is 1. The molecular weight excluding hydrogens is 176 g/mol. The van der Waals surface area contributed by atoms with Crippen LogP contribution in [0.25, 0.3) is 0 Å². The van der Waals surface area contributed by atoms with Crippen LogP contribution in [0, 0.1) is 5.41 Å². The van der Waals surface area contributed by atoms with Crippen molar-refractivity contribution in [1.29, 1.82) is 0 Å². The van der Waals surface area contributed by atoms with E-state index in [0.717, 1.165) is 11.4 Å². The van der Waals surface area contributed by atoms with Gasteiger partial charge in [0.25, 0.3) is 0 Å². The molecule has 1 aromatic rings. The number of ether oxygens (including phenoxy) is 1. The molecule has 3 nitrogen and oxygen atoms in total. The zero-order valence-corrected chi connectivity index (χ0v) is 8.82. The number of rotatable bonds is 2. The Labute approximate surface area is 84.3 Å². The summed E-state index contributed by atoms with van der Waals surface area (Å²) in [5, 5.41) is 0. The fourth-order valence-electron chi connectivity index (χ4n) is 1.97. The van der Waals surface area contributed by atoms with E-state index < -0.39 is 0 Å². The minimum atomic E-state index is 0.180. The van der Waals surface area contributed by atoms with Crippen LogP contribution in [0.5, 0.6) is 5.75 Å². The lowest BCUT2D eigenvalue weighted by Crippen LogP contribution is -2.06. The highest BCUT2D eigenvalue weighted by molar-refractivity contribution is 5.33. The minimum Gasteiger partial charge on any atom is -0.497 e. The summed E-state index contributed by atoms with van der Waals surface area (Å²) in [6, 6.07) is 4.05. The Kier molecular flexibility index (Phi) is 2.00. The van der Waals surface area contributed by atoms with Crippen LogP contribution >= 0.6 is 0 Å². The highest BCUT2D eigenvalue weighted by Crippen LogP contribution is 2.56.